The van der Waals surface area contributed by atoms with Gasteiger partial charge in [0.1, 0.15) is 0 Å². The molecule has 1 aliphatic carbocycles. The zero-order chi connectivity index (χ0) is 24.7. The van der Waals surface area contributed by atoms with Gasteiger partial charge < -0.3 is 9.64 Å². The molecule has 35 heavy (non-hydrogen) atoms. The zero-order valence-corrected chi connectivity index (χ0v) is 21.3. The van der Waals surface area contributed by atoms with Crippen molar-refractivity contribution in [1.29, 1.82) is 0 Å². The smallest absolute Gasteiger partial charge is 0.337 e. The van der Waals surface area contributed by atoms with E-state index in [1.165, 1.54) is 18.4 Å². The number of aromatic nitrogens is 2. The molecule has 8 heteroatoms. The van der Waals surface area contributed by atoms with Gasteiger partial charge in [-0.25, -0.2) is 4.79 Å². The monoisotopic (exact) mass is 511 g/mol. The molecule has 1 amide bonds. The lowest BCUT2D eigenvalue weighted by atomic mass is 9.92. The third-order valence-corrected chi connectivity index (χ3v) is 8.01. The average molecular weight is 512 g/mol. The van der Waals surface area contributed by atoms with Crippen molar-refractivity contribution in [3.63, 3.8) is 0 Å². The fourth-order valence-electron chi connectivity index (χ4n) is 5.37. The van der Waals surface area contributed by atoms with Crippen LogP contribution in [0.3, 0.4) is 0 Å². The van der Waals surface area contributed by atoms with Crippen LogP contribution in [0.1, 0.15) is 40.0 Å². The Morgan fingerprint density at radius 2 is 1.83 bits per heavy atom. The number of amides is 1. The second-order valence-electron chi connectivity index (χ2n) is 9.35. The molecule has 5 rings (SSSR count). The van der Waals surface area contributed by atoms with E-state index in [2.05, 4.69) is 10.00 Å². The fourth-order valence-corrected chi connectivity index (χ4v) is 6.01. The Morgan fingerprint density at radius 3 is 2.51 bits per heavy atom. The summed E-state index contributed by atoms with van der Waals surface area (Å²) in [7, 11) is 3.33. The molecule has 2 heterocycles. The summed E-state index contributed by atoms with van der Waals surface area (Å²) >= 11 is 13.3. The lowest BCUT2D eigenvalue weighted by molar-refractivity contribution is -0.133. The molecule has 2 aliphatic rings. The number of esters is 1. The van der Waals surface area contributed by atoms with Crippen molar-refractivity contribution in [2.45, 2.75) is 38.1 Å². The van der Waals surface area contributed by atoms with Gasteiger partial charge in [-0.2, -0.15) is 5.10 Å². The lowest BCUT2D eigenvalue weighted by Crippen LogP contribution is -2.41. The first-order chi connectivity index (χ1) is 16.9. The quantitative estimate of drug-likeness (QED) is 0.445. The molecule has 2 aromatic carbocycles. The molecule has 182 valence electrons. The number of hydrogen-bond acceptors (Lipinski definition) is 4. The first kappa shape index (κ1) is 23.9. The highest BCUT2D eigenvalue weighted by Crippen LogP contribution is 2.36. The molecular formula is C27H27Cl2N3O3. The van der Waals surface area contributed by atoms with Gasteiger partial charge in [0.25, 0.3) is 0 Å². The van der Waals surface area contributed by atoms with Gasteiger partial charge >= 0.3 is 5.97 Å². The minimum absolute atomic E-state index is 0.120. The average Bonchev–Trinajstić information content (AvgIpc) is 3.42. The maximum Gasteiger partial charge on any atom is 0.337 e. The van der Waals surface area contributed by atoms with Crippen LogP contribution in [0.2, 0.25) is 10.0 Å². The molecule has 0 bridgehead atoms. The molecular weight excluding hydrogens is 485 g/mol. The Labute approximate surface area is 214 Å². The summed E-state index contributed by atoms with van der Waals surface area (Å²) in [6.07, 6.45) is 6.05. The molecule has 1 aromatic heterocycles. The van der Waals surface area contributed by atoms with Crippen molar-refractivity contribution in [2.24, 2.45) is 13.0 Å². The number of benzene rings is 2. The molecule has 0 spiro atoms. The van der Waals surface area contributed by atoms with Gasteiger partial charge in [0.15, 0.2) is 0 Å². The molecule has 0 saturated carbocycles. The SMILES string of the molecule is COC(=O)c1ccc(-c2cc(Cl)c(CC3CCN(C4CCc5c(cnn5C)C4)C3=O)c(Cl)c2)cc1. The van der Waals surface area contributed by atoms with Gasteiger partial charge in [0.05, 0.1) is 18.9 Å². The van der Waals surface area contributed by atoms with Gasteiger partial charge in [-0.05, 0) is 78.6 Å². The van der Waals surface area contributed by atoms with Crippen molar-refractivity contribution in [3.05, 3.63) is 75.0 Å². The number of aryl methyl sites for hydroxylation is 1. The van der Waals surface area contributed by atoms with Crippen molar-refractivity contribution >= 4 is 35.1 Å². The summed E-state index contributed by atoms with van der Waals surface area (Å²) in [4.78, 5) is 27.1. The highest BCUT2D eigenvalue weighted by Gasteiger charge is 2.38. The highest BCUT2D eigenvalue weighted by molar-refractivity contribution is 6.36. The summed E-state index contributed by atoms with van der Waals surface area (Å²) in [6.45, 7) is 0.767. The van der Waals surface area contributed by atoms with Crippen LogP contribution in [-0.4, -0.2) is 46.3 Å². The molecule has 1 saturated heterocycles. The number of likely N-dealkylation sites (tertiary alicyclic amines) is 1. The minimum atomic E-state index is -0.382. The normalized spacial score (nSPS) is 19.7. The van der Waals surface area contributed by atoms with E-state index in [9.17, 15) is 9.59 Å². The maximum atomic E-state index is 13.3. The van der Waals surface area contributed by atoms with Gasteiger partial charge in [-0.1, -0.05) is 35.3 Å². The second-order valence-corrected chi connectivity index (χ2v) is 10.2. The second kappa shape index (κ2) is 9.67. The van der Waals surface area contributed by atoms with Crippen LogP contribution in [0.25, 0.3) is 11.1 Å². The number of carbonyl (C=O) groups excluding carboxylic acids is 2. The van der Waals surface area contributed by atoms with Gasteiger partial charge in [-0.3, -0.25) is 9.48 Å². The Kier molecular flexibility index (Phi) is 6.60. The molecule has 2 atom stereocenters. The van der Waals surface area contributed by atoms with Crippen LogP contribution in [0, 0.1) is 5.92 Å². The van der Waals surface area contributed by atoms with Crippen LogP contribution in [-0.2, 0) is 35.8 Å². The maximum absolute atomic E-state index is 13.3. The third-order valence-electron chi connectivity index (χ3n) is 7.34. The predicted molar refractivity (Wildman–Crippen MR) is 136 cm³/mol. The van der Waals surface area contributed by atoms with E-state index in [0.29, 0.717) is 22.0 Å². The van der Waals surface area contributed by atoms with Crippen LogP contribution in [0.4, 0.5) is 0 Å². The molecule has 0 radical (unpaired) electrons. The molecule has 3 aromatic rings. The van der Waals surface area contributed by atoms with Crippen molar-refractivity contribution < 1.29 is 14.3 Å². The number of rotatable bonds is 5. The summed E-state index contributed by atoms with van der Waals surface area (Å²) < 4.78 is 6.70. The van der Waals surface area contributed by atoms with Crippen LogP contribution < -0.4 is 0 Å². The lowest BCUT2D eigenvalue weighted by Gasteiger charge is -2.31. The molecule has 0 N–H and O–H groups in total. The summed E-state index contributed by atoms with van der Waals surface area (Å²) in [5.74, 6) is -0.310. The number of carbonyl (C=O) groups is 2. The molecule has 6 nitrogen and oxygen atoms in total. The summed E-state index contributed by atoms with van der Waals surface area (Å²) in [5.41, 5.74) is 5.57. The van der Waals surface area contributed by atoms with E-state index >= 15 is 0 Å². The molecule has 1 fully saturated rings. The fraction of sp³-hybridized carbons (Fsp3) is 0.370. The van der Waals surface area contributed by atoms with E-state index in [-0.39, 0.29) is 23.8 Å². The Bertz CT molecular complexity index is 1260. The first-order valence-corrected chi connectivity index (χ1v) is 12.6. The first-order valence-electron chi connectivity index (χ1n) is 11.8. The predicted octanol–water partition coefficient (Wildman–Crippen LogP) is 5.13. The van der Waals surface area contributed by atoms with Gasteiger partial charge in [0.2, 0.25) is 5.91 Å². The Morgan fingerprint density at radius 1 is 1.11 bits per heavy atom. The number of nitrogens with zero attached hydrogens (tertiary/aromatic N) is 3. The number of halogens is 2. The summed E-state index contributed by atoms with van der Waals surface area (Å²) in [6, 6.07) is 11.1. The summed E-state index contributed by atoms with van der Waals surface area (Å²) in [5, 5.41) is 5.48. The van der Waals surface area contributed by atoms with Crippen LogP contribution in [0.15, 0.2) is 42.6 Å². The molecule has 2 unspecified atom stereocenters. The van der Waals surface area contributed by atoms with E-state index in [4.69, 9.17) is 27.9 Å². The van der Waals surface area contributed by atoms with Crippen molar-refractivity contribution in [3.8, 4) is 11.1 Å². The highest BCUT2D eigenvalue weighted by atomic mass is 35.5. The van der Waals surface area contributed by atoms with Gasteiger partial charge in [-0.15, -0.1) is 0 Å². The number of fused-ring (bicyclic) bond motifs is 1. The largest absolute Gasteiger partial charge is 0.465 e. The van der Waals surface area contributed by atoms with Crippen LogP contribution >= 0.6 is 23.2 Å². The third kappa shape index (κ3) is 4.57. The van der Waals surface area contributed by atoms with E-state index in [0.717, 1.165) is 48.9 Å². The Hall–Kier alpha value is -2.83. The number of methoxy groups -OCH3 is 1. The van der Waals surface area contributed by atoms with Crippen molar-refractivity contribution in [2.75, 3.05) is 13.7 Å². The van der Waals surface area contributed by atoms with Crippen molar-refractivity contribution in [1.82, 2.24) is 14.7 Å². The Balaban J connectivity index is 1.29. The molecule has 1 aliphatic heterocycles. The topological polar surface area (TPSA) is 64.4 Å². The van der Waals surface area contributed by atoms with Crippen LogP contribution in [0.5, 0.6) is 0 Å². The van der Waals surface area contributed by atoms with Gasteiger partial charge in [0, 0.05) is 41.3 Å². The van der Waals surface area contributed by atoms with E-state index < -0.39 is 0 Å². The minimum Gasteiger partial charge on any atom is -0.465 e. The zero-order valence-electron chi connectivity index (χ0n) is 19.8. The van der Waals surface area contributed by atoms with E-state index in [1.54, 1.807) is 12.1 Å². The standard InChI is InChI=1S/C27H27Cl2N3O3/c1-31-25-8-7-21(11-20(25)15-30-31)32-10-9-18(26(32)33)12-22-23(28)13-19(14-24(22)29)16-3-5-17(6-4-16)27(34)35-2/h3-6,13-15,18,21H,7-12H2,1-2H3. The number of ether oxygens (including phenoxy) is 1. The van der Waals surface area contributed by atoms with E-state index in [1.807, 2.05) is 42.2 Å². The number of hydrogen-bond donors (Lipinski definition) is 0.